The third-order valence-electron chi connectivity index (χ3n) is 5.41. The van der Waals surface area contributed by atoms with Crippen LogP contribution in [-0.4, -0.2) is 53.0 Å². The molecule has 0 saturated carbocycles. The van der Waals surface area contributed by atoms with Crippen molar-refractivity contribution in [2.75, 3.05) is 19.6 Å². The smallest absolute Gasteiger partial charge is 0.322 e. The summed E-state index contributed by atoms with van der Waals surface area (Å²) in [5.74, 6) is -0.480. The standard InChI is InChI=1S/C17H20N4O4/c22-12-1-2-13-10(7-12)8-21(14(13)23)9-17(11-3-5-18-6-4-11)15(24)19-16(25)20-17/h1-2,7,11,18,22H,3-6,8-9H2,(H2,19,20,24,25). The van der Waals surface area contributed by atoms with E-state index >= 15 is 0 Å². The number of benzene rings is 1. The van der Waals surface area contributed by atoms with Gasteiger partial charge in [0.25, 0.3) is 11.8 Å². The second-order valence-electron chi connectivity index (χ2n) is 6.91. The van der Waals surface area contributed by atoms with Gasteiger partial charge < -0.3 is 20.6 Å². The molecule has 0 radical (unpaired) electrons. The quantitative estimate of drug-likeness (QED) is 0.574. The lowest BCUT2D eigenvalue weighted by molar-refractivity contribution is -0.127. The van der Waals surface area contributed by atoms with Gasteiger partial charge in [-0.05, 0) is 55.6 Å². The molecule has 3 heterocycles. The Bertz CT molecular complexity index is 759. The second kappa shape index (κ2) is 5.73. The van der Waals surface area contributed by atoms with Crippen molar-refractivity contribution in [3.63, 3.8) is 0 Å². The molecule has 3 aliphatic heterocycles. The predicted octanol–water partition coefficient (Wildman–Crippen LogP) is -0.0742. The van der Waals surface area contributed by atoms with E-state index in [-0.39, 0.29) is 30.0 Å². The van der Waals surface area contributed by atoms with Crippen LogP contribution in [0.3, 0.4) is 0 Å². The van der Waals surface area contributed by atoms with Gasteiger partial charge in [0.2, 0.25) is 0 Å². The Labute approximate surface area is 144 Å². The van der Waals surface area contributed by atoms with E-state index in [4.69, 9.17) is 0 Å². The Morgan fingerprint density at radius 3 is 2.64 bits per heavy atom. The molecule has 4 N–H and O–H groups in total. The SMILES string of the molecule is O=C1NC(=O)C(CN2Cc3cc(O)ccc3C2=O)(C2CCNCC2)N1. The Kier molecular flexibility index (Phi) is 3.64. The minimum Gasteiger partial charge on any atom is -0.508 e. The van der Waals surface area contributed by atoms with E-state index in [9.17, 15) is 19.5 Å². The van der Waals surface area contributed by atoms with Crippen LogP contribution in [0.2, 0.25) is 0 Å². The van der Waals surface area contributed by atoms with Crippen LogP contribution in [0.25, 0.3) is 0 Å². The molecule has 1 atom stereocenters. The highest BCUT2D eigenvalue weighted by Gasteiger charge is 2.53. The highest BCUT2D eigenvalue weighted by Crippen LogP contribution is 2.33. The summed E-state index contributed by atoms with van der Waals surface area (Å²) in [5.41, 5.74) is 0.164. The zero-order chi connectivity index (χ0) is 17.6. The van der Waals surface area contributed by atoms with Crippen LogP contribution in [0.15, 0.2) is 18.2 Å². The van der Waals surface area contributed by atoms with Gasteiger partial charge in [-0.15, -0.1) is 0 Å². The highest BCUT2D eigenvalue weighted by molar-refractivity contribution is 6.08. The van der Waals surface area contributed by atoms with Crippen molar-refractivity contribution in [2.45, 2.75) is 24.9 Å². The van der Waals surface area contributed by atoms with Gasteiger partial charge in [-0.3, -0.25) is 14.9 Å². The number of carbonyl (C=O) groups is 3. The van der Waals surface area contributed by atoms with Crippen molar-refractivity contribution in [1.82, 2.24) is 20.9 Å². The number of carbonyl (C=O) groups excluding carboxylic acids is 3. The van der Waals surface area contributed by atoms with Crippen LogP contribution >= 0.6 is 0 Å². The lowest BCUT2D eigenvalue weighted by Gasteiger charge is -2.39. The largest absolute Gasteiger partial charge is 0.508 e. The molecule has 0 bridgehead atoms. The molecule has 4 rings (SSSR count). The van der Waals surface area contributed by atoms with Gasteiger partial charge in [0.15, 0.2) is 0 Å². The van der Waals surface area contributed by atoms with E-state index in [1.165, 1.54) is 6.07 Å². The normalized spacial score (nSPS) is 26.6. The molecule has 1 unspecified atom stereocenters. The van der Waals surface area contributed by atoms with Crippen molar-refractivity contribution >= 4 is 17.8 Å². The maximum atomic E-state index is 12.7. The molecule has 2 saturated heterocycles. The number of urea groups is 1. The number of aromatic hydroxyl groups is 1. The zero-order valence-corrected chi connectivity index (χ0v) is 13.7. The molecular weight excluding hydrogens is 324 g/mol. The van der Waals surface area contributed by atoms with Gasteiger partial charge in [0, 0.05) is 12.1 Å². The van der Waals surface area contributed by atoms with Gasteiger partial charge in [0.1, 0.15) is 11.3 Å². The lowest BCUT2D eigenvalue weighted by Crippen LogP contribution is -2.61. The molecule has 1 aromatic rings. The number of hydrogen-bond acceptors (Lipinski definition) is 5. The predicted molar refractivity (Wildman–Crippen MR) is 87.8 cm³/mol. The maximum absolute atomic E-state index is 12.7. The Morgan fingerprint density at radius 1 is 1.20 bits per heavy atom. The van der Waals surface area contributed by atoms with Crippen LogP contribution in [0, 0.1) is 5.92 Å². The Balaban J connectivity index is 1.63. The van der Waals surface area contributed by atoms with Gasteiger partial charge in [-0.1, -0.05) is 0 Å². The van der Waals surface area contributed by atoms with Crippen LogP contribution in [0.1, 0.15) is 28.8 Å². The summed E-state index contributed by atoms with van der Waals surface area (Å²) in [6.45, 7) is 2.00. The molecule has 1 aromatic carbocycles. The minimum absolute atomic E-state index is 0.0369. The number of imide groups is 1. The summed E-state index contributed by atoms with van der Waals surface area (Å²) in [6, 6.07) is 4.13. The molecule has 2 fully saturated rings. The molecule has 0 aromatic heterocycles. The molecular formula is C17H20N4O4. The van der Waals surface area contributed by atoms with Crippen LogP contribution in [-0.2, 0) is 11.3 Å². The number of hydrogen-bond donors (Lipinski definition) is 4. The van der Waals surface area contributed by atoms with Gasteiger partial charge >= 0.3 is 6.03 Å². The summed E-state index contributed by atoms with van der Waals surface area (Å²) in [4.78, 5) is 38.7. The van der Waals surface area contributed by atoms with Crippen LogP contribution in [0.4, 0.5) is 4.79 Å². The number of phenols is 1. The fourth-order valence-corrected chi connectivity index (χ4v) is 4.14. The fraction of sp³-hybridized carbons (Fsp3) is 0.471. The average molecular weight is 344 g/mol. The number of rotatable bonds is 3. The molecule has 3 aliphatic rings. The number of nitrogens with zero attached hydrogens (tertiary/aromatic N) is 1. The van der Waals surface area contributed by atoms with E-state index in [0.29, 0.717) is 12.1 Å². The topological polar surface area (TPSA) is 111 Å². The van der Waals surface area contributed by atoms with Gasteiger partial charge in [-0.25, -0.2) is 4.79 Å². The van der Waals surface area contributed by atoms with Crippen molar-refractivity contribution in [1.29, 1.82) is 0 Å². The summed E-state index contributed by atoms with van der Waals surface area (Å²) in [7, 11) is 0. The van der Waals surface area contributed by atoms with Crippen LogP contribution < -0.4 is 16.0 Å². The first-order valence-corrected chi connectivity index (χ1v) is 8.45. The van der Waals surface area contributed by atoms with E-state index in [0.717, 1.165) is 31.5 Å². The molecule has 25 heavy (non-hydrogen) atoms. The van der Waals surface area contributed by atoms with E-state index in [1.54, 1.807) is 17.0 Å². The van der Waals surface area contributed by atoms with Crippen molar-refractivity contribution in [2.24, 2.45) is 5.92 Å². The molecule has 4 amide bonds. The van der Waals surface area contributed by atoms with Crippen molar-refractivity contribution < 1.29 is 19.5 Å². The monoisotopic (exact) mass is 344 g/mol. The average Bonchev–Trinajstić information content (AvgIpc) is 3.05. The molecule has 8 heteroatoms. The molecule has 132 valence electrons. The van der Waals surface area contributed by atoms with E-state index < -0.39 is 11.6 Å². The van der Waals surface area contributed by atoms with Crippen molar-refractivity contribution in [3.05, 3.63) is 29.3 Å². The highest BCUT2D eigenvalue weighted by atomic mass is 16.3. The fourth-order valence-electron chi connectivity index (χ4n) is 4.14. The summed E-state index contributed by atoms with van der Waals surface area (Å²) in [6.07, 6.45) is 1.51. The molecule has 0 aliphatic carbocycles. The second-order valence-corrected chi connectivity index (χ2v) is 6.91. The minimum atomic E-state index is -1.10. The molecule has 0 spiro atoms. The third kappa shape index (κ3) is 2.53. The van der Waals surface area contributed by atoms with E-state index in [2.05, 4.69) is 16.0 Å². The first-order valence-electron chi connectivity index (χ1n) is 8.45. The number of amides is 4. The first kappa shape index (κ1) is 15.9. The first-order chi connectivity index (χ1) is 12.0. The lowest BCUT2D eigenvalue weighted by atomic mass is 9.77. The number of nitrogens with one attached hydrogen (secondary N) is 3. The molecule has 8 nitrogen and oxygen atoms in total. The van der Waals surface area contributed by atoms with Crippen LogP contribution in [0.5, 0.6) is 5.75 Å². The Morgan fingerprint density at radius 2 is 1.96 bits per heavy atom. The van der Waals surface area contributed by atoms with Gasteiger partial charge in [0.05, 0.1) is 6.54 Å². The van der Waals surface area contributed by atoms with Crippen molar-refractivity contribution in [3.8, 4) is 5.75 Å². The summed E-state index contributed by atoms with van der Waals surface area (Å²) in [5, 5.41) is 18.0. The maximum Gasteiger partial charge on any atom is 0.322 e. The zero-order valence-electron chi connectivity index (χ0n) is 13.7. The number of fused-ring (bicyclic) bond motifs is 1. The van der Waals surface area contributed by atoms with E-state index in [1.807, 2.05) is 0 Å². The third-order valence-corrected chi connectivity index (χ3v) is 5.41. The summed E-state index contributed by atoms with van der Waals surface area (Å²) >= 11 is 0. The summed E-state index contributed by atoms with van der Waals surface area (Å²) < 4.78 is 0. The number of phenolic OH excluding ortho intramolecular Hbond substituents is 1. The number of piperidine rings is 1. The Hall–Kier alpha value is -2.61. The van der Waals surface area contributed by atoms with Gasteiger partial charge in [-0.2, -0.15) is 0 Å².